The Morgan fingerprint density at radius 2 is 1.65 bits per heavy atom. The molecule has 31 heavy (non-hydrogen) atoms. The lowest BCUT2D eigenvalue weighted by molar-refractivity contribution is -0.132. The van der Waals surface area contributed by atoms with Gasteiger partial charge in [-0.15, -0.1) is 0 Å². The molecule has 166 valence electrons. The summed E-state index contributed by atoms with van der Waals surface area (Å²) in [7, 11) is 1.33. The second kappa shape index (κ2) is 9.47. The number of hydrogen-bond acceptors (Lipinski definition) is 5. The molecule has 2 heterocycles. The molecular weight excluding hydrogens is 394 g/mol. The number of aryl methyl sites for hydroxylation is 2. The molecule has 1 amide bonds. The van der Waals surface area contributed by atoms with Gasteiger partial charge in [-0.05, 0) is 38.8 Å². The molecule has 1 atom stereocenters. The van der Waals surface area contributed by atoms with Crippen molar-refractivity contribution in [2.24, 2.45) is 0 Å². The number of carbonyl (C=O) groups is 3. The first kappa shape index (κ1) is 22.7. The minimum Gasteiger partial charge on any atom is -0.465 e. The smallest absolute Gasteiger partial charge is 0.339 e. The van der Waals surface area contributed by atoms with E-state index in [1.807, 2.05) is 43.0 Å². The van der Waals surface area contributed by atoms with Crippen LogP contribution in [-0.4, -0.2) is 71.8 Å². The number of methoxy groups -OCH3 is 1. The highest BCUT2D eigenvalue weighted by Crippen LogP contribution is 2.22. The van der Waals surface area contributed by atoms with Crippen LogP contribution in [0, 0.1) is 20.8 Å². The Morgan fingerprint density at radius 3 is 2.23 bits per heavy atom. The van der Waals surface area contributed by atoms with Crippen molar-refractivity contribution in [2.45, 2.75) is 40.2 Å². The molecule has 0 radical (unpaired) electrons. The van der Waals surface area contributed by atoms with Crippen LogP contribution in [0.5, 0.6) is 0 Å². The third kappa shape index (κ3) is 4.88. The topological polar surface area (TPSA) is 82.7 Å². The Morgan fingerprint density at radius 1 is 1.03 bits per heavy atom. The summed E-state index contributed by atoms with van der Waals surface area (Å²) in [6, 6.07) is 7.67. The van der Waals surface area contributed by atoms with Crippen molar-refractivity contribution in [3.05, 3.63) is 57.9 Å². The Hall–Kier alpha value is -2.93. The van der Waals surface area contributed by atoms with Crippen molar-refractivity contribution >= 4 is 17.7 Å². The molecule has 0 bridgehead atoms. The van der Waals surface area contributed by atoms with Crippen LogP contribution in [0.25, 0.3) is 0 Å². The number of aromatic nitrogens is 1. The molecule has 7 heteroatoms. The SMILES string of the molecule is COC(=O)c1c(C)[nH]c(C(=O)C(C)N2CCN(C(=O)Cc3ccc(C)cc3)CC2)c1C. The molecule has 1 N–H and O–H groups in total. The minimum atomic E-state index is -0.446. The molecule has 3 rings (SSSR count). The number of benzene rings is 1. The van der Waals surface area contributed by atoms with Crippen LogP contribution in [0.2, 0.25) is 0 Å². The summed E-state index contributed by atoms with van der Waals surface area (Å²) in [5.74, 6) is -0.394. The van der Waals surface area contributed by atoms with Gasteiger partial charge in [-0.1, -0.05) is 29.8 Å². The summed E-state index contributed by atoms with van der Waals surface area (Å²) in [6.45, 7) is 9.89. The summed E-state index contributed by atoms with van der Waals surface area (Å²) in [4.78, 5) is 44.8. The standard InChI is InChI=1S/C24H31N3O4/c1-15-6-8-19(9-7-15)14-20(28)27-12-10-26(11-13-27)18(4)23(29)22-16(2)21(17(3)25-22)24(30)31-5/h6-9,18,25H,10-14H2,1-5H3. The molecule has 1 saturated heterocycles. The van der Waals surface area contributed by atoms with Crippen molar-refractivity contribution in [3.8, 4) is 0 Å². The van der Waals surface area contributed by atoms with Gasteiger partial charge in [0, 0.05) is 31.9 Å². The molecule has 1 unspecified atom stereocenters. The van der Waals surface area contributed by atoms with E-state index in [-0.39, 0.29) is 17.7 Å². The molecule has 0 saturated carbocycles. The van der Waals surface area contributed by atoms with Gasteiger partial charge < -0.3 is 14.6 Å². The maximum absolute atomic E-state index is 13.1. The van der Waals surface area contributed by atoms with Gasteiger partial charge in [0.25, 0.3) is 0 Å². The second-order valence-corrected chi connectivity index (χ2v) is 8.24. The summed E-state index contributed by atoms with van der Waals surface area (Å²) in [5.41, 5.74) is 4.31. The van der Waals surface area contributed by atoms with Gasteiger partial charge in [0.1, 0.15) is 0 Å². The van der Waals surface area contributed by atoms with Gasteiger partial charge in [-0.3, -0.25) is 14.5 Å². The Bertz CT molecular complexity index is 969. The van der Waals surface area contributed by atoms with Gasteiger partial charge >= 0.3 is 5.97 Å². The number of Topliss-reactive ketones (excluding diaryl/α,β-unsaturated/α-hetero) is 1. The molecule has 7 nitrogen and oxygen atoms in total. The van der Waals surface area contributed by atoms with E-state index in [0.29, 0.717) is 55.1 Å². The average Bonchev–Trinajstić information content (AvgIpc) is 3.07. The van der Waals surface area contributed by atoms with Crippen molar-refractivity contribution in [1.29, 1.82) is 0 Å². The number of H-pyrrole nitrogens is 1. The van der Waals surface area contributed by atoms with Crippen LogP contribution in [0.1, 0.15) is 50.2 Å². The van der Waals surface area contributed by atoms with Crippen LogP contribution in [0.3, 0.4) is 0 Å². The highest BCUT2D eigenvalue weighted by molar-refractivity contribution is 6.03. The van der Waals surface area contributed by atoms with Gasteiger partial charge in [-0.2, -0.15) is 0 Å². The first-order valence-electron chi connectivity index (χ1n) is 10.6. The highest BCUT2D eigenvalue weighted by atomic mass is 16.5. The average molecular weight is 426 g/mol. The molecule has 1 aromatic carbocycles. The van der Waals surface area contributed by atoms with E-state index >= 15 is 0 Å². The second-order valence-electron chi connectivity index (χ2n) is 8.24. The number of amides is 1. The number of hydrogen-bond donors (Lipinski definition) is 1. The Balaban J connectivity index is 1.60. The third-order valence-corrected chi connectivity index (χ3v) is 6.14. The summed E-state index contributed by atoms with van der Waals surface area (Å²) >= 11 is 0. The van der Waals surface area contributed by atoms with Gasteiger partial charge in [0.15, 0.2) is 5.78 Å². The lowest BCUT2D eigenvalue weighted by Crippen LogP contribution is -2.53. The van der Waals surface area contributed by atoms with E-state index in [1.54, 1.807) is 13.8 Å². The van der Waals surface area contributed by atoms with Crippen molar-refractivity contribution < 1.29 is 19.1 Å². The number of nitrogens with one attached hydrogen (secondary N) is 1. The normalized spacial score (nSPS) is 15.6. The Labute approximate surface area is 183 Å². The van der Waals surface area contributed by atoms with E-state index < -0.39 is 5.97 Å². The number of esters is 1. The highest BCUT2D eigenvalue weighted by Gasteiger charge is 2.31. The van der Waals surface area contributed by atoms with Crippen LogP contribution >= 0.6 is 0 Å². The fourth-order valence-corrected chi connectivity index (χ4v) is 4.13. The van der Waals surface area contributed by atoms with Gasteiger partial charge in [-0.25, -0.2) is 4.79 Å². The zero-order valence-electron chi connectivity index (χ0n) is 18.9. The lowest BCUT2D eigenvalue weighted by atomic mass is 10.0. The van der Waals surface area contributed by atoms with E-state index in [2.05, 4.69) is 9.88 Å². The molecular formula is C24H31N3O4. The molecule has 0 spiro atoms. The Kier molecular flexibility index (Phi) is 6.95. The molecule has 1 fully saturated rings. The zero-order chi connectivity index (χ0) is 22.7. The predicted octanol–water partition coefficient (Wildman–Crippen LogP) is 2.68. The maximum Gasteiger partial charge on any atom is 0.339 e. The van der Waals surface area contributed by atoms with Gasteiger partial charge in [0.05, 0.1) is 30.8 Å². The van der Waals surface area contributed by atoms with Crippen LogP contribution in [0.15, 0.2) is 24.3 Å². The summed E-state index contributed by atoms with van der Waals surface area (Å²) in [5, 5.41) is 0. The minimum absolute atomic E-state index is 0.0600. The van der Waals surface area contributed by atoms with E-state index in [9.17, 15) is 14.4 Å². The first-order valence-corrected chi connectivity index (χ1v) is 10.6. The monoisotopic (exact) mass is 425 g/mol. The maximum atomic E-state index is 13.1. The molecule has 0 aliphatic carbocycles. The van der Waals surface area contributed by atoms with Gasteiger partial charge in [0.2, 0.25) is 5.91 Å². The number of nitrogens with zero attached hydrogens (tertiary/aromatic N) is 2. The molecule has 1 aromatic heterocycles. The fraction of sp³-hybridized carbons (Fsp3) is 0.458. The zero-order valence-corrected chi connectivity index (χ0v) is 18.9. The lowest BCUT2D eigenvalue weighted by Gasteiger charge is -2.37. The van der Waals surface area contributed by atoms with Crippen molar-refractivity contribution in [3.63, 3.8) is 0 Å². The summed E-state index contributed by atoms with van der Waals surface area (Å²) < 4.78 is 4.83. The number of carbonyl (C=O) groups excluding carboxylic acids is 3. The number of ether oxygens (including phenoxy) is 1. The number of rotatable bonds is 6. The molecule has 1 aliphatic heterocycles. The fourth-order valence-electron chi connectivity index (χ4n) is 4.13. The number of piperazine rings is 1. The van der Waals surface area contributed by atoms with Crippen molar-refractivity contribution in [1.82, 2.24) is 14.8 Å². The van der Waals surface area contributed by atoms with Crippen LogP contribution in [0.4, 0.5) is 0 Å². The van der Waals surface area contributed by atoms with E-state index in [0.717, 1.165) is 5.56 Å². The largest absolute Gasteiger partial charge is 0.465 e. The molecule has 1 aliphatic rings. The van der Waals surface area contributed by atoms with Crippen LogP contribution < -0.4 is 0 Å². The van der Waals surface area contributed by atoms with Crippen LogP contribution in [-0.2, 0) is 16.0 Å². The summed E-state index contributed by atoms with van der Waals surface area (Å²) in [6.07, 6.45) is 0.395. The van der Waals surface area contributed by atoms with Crippen molar-refractivity contribution in [2.75, 3.05) is 33.3 Å². The third-order valence-electron chi connectivity index (χ3n) is 6.14. The number of ketones is 1. The molecule has 2 aromatic rings. The first-order chi connectivity index (χ1) is 14.7. The quantitative estimate of drug-likeness (QED) is 0.568. The predicted molar refractivity (Wildman–Crippen MR) is 118 cm³/mol. The van der Waals surface area contributed by atoms with E-state index in [1.165, 1.54) is 12.7 Å². The number of aromatic amines is 1. The van der Waals surface area contributed by atoms with E-state index in [4.69, 9.17) is 4.74 Å².